The molecule has 6 nitrogen and oxygen atoms in total. The number of hydrogen-bond donors (Lipinski definition) is 0. The van der Waals surface area contributed by atoms with Crippen molar-refractivity contribution >= 4 is 43.7 Å². The fraction of sp³-hybridized carbons (Fsp3) is 0. The maximum atomic E-state index is 5.11. The van der Waals surface area contributed by atoms with Crippen LogP contribution in [0.2, 0.25) is 0 Å². The van der Waals surface area contributed by atoms with Crippen LogP contribution in [0.3, 0.4) is 0 Å². The van der Waals surface area contributed by atoms with E-state index < -0.39 is 0 Å². The van der Waals surface area contributed by atoms with E-state index in [1.165, 1.54) is 0 Å². The Hall–Kier alpha value is -6.92. The molecule has 4 aromatic heterocycles. The number of rotatable bonds is 5. The van der Waals surface area contributed by atoms with Crippen molar-refractivity contribution < 1.29 is 0 Å². The molecule has 6 heteroatoms. The molecule has 0 saturated heterocycles. The number of aromatic nitrogens is 6. The molecule has 10 aromatic rings. The average molecular weight is 641 g/mol. The molecule has 234 valence electrons. The highest BCUT2D eigenvalue weighted by molar-refractivity contribution is 6.11. The predicted octanol–water partition coefficient (Wildman–Crippen LogP) is 10.5. The third-order valence-corrected chi connectivity index (χ3v) is 9.42. The van der Waals surface area contributed by atoms with Crippen LogP contribution in [0.4, 0.5) is 0 Å². The van der Waals surface area contributed by atoms with Crippen LogP contribution in [0, 0.1) is 0 Å². The highest BCUT2D eigenvalue weighted by Crippen LogP contribution is 2.37. The van der Waals surface area contributed by atoms with Crippen LogP contribution >= 0.6 is 0 Å². The zero-order chi connectivity index (χ0) is 33.0. The monoisotopic (exact) mass is 640 g/mol. The first-order valence-corrected chi connectivity index (χ1v) is 16.7. The van der Waals surface area contributed by atoms with E-state index in [-0.39, 0.29) is 0 Å². The summed E-state index contributed by atoms with van der Waals surface area (Å²) in [5.41, 5.74) is 10.3. The summed E-state index contributed by atoms with van der Waals surface area (Å²) in [7, 11) is 0. The molecule has 0 bridgehead atoms. The minimum atomic E-state index is 0.568. The molecule has 0 radical (unpaired) electrons. The van der Waals surface area contributed by atoms with Crippen molar-refractivity contribution in [2.75, 3.05) is 0 Å². The molecule has 4 heterocycles. The maximum Gasteiger partial charge on any atom is 0.238 e. The van der Waals surface area contributed by atoms with Gasteiger partial charge in [0.25, 0.3) is 0 Å². The zero-order valence-corrected chi connectivity index (χ0v) is 26.8. The molecule has 0 amide bonds. The lowest BCUT2D eigenvalue weighted by Crippen LogP contribution is -2.06. The van der Waals surface area contributed by atoms with Crippen molar-refractivity contribution in [2.45, 2.75) is 0 Å². The van der Waals surface area contributed by atoms with Crippen molar-refractivity contribution in [1.82, 2.24) is 29.1 Å². The summed E-state index contributed by atoms with van der Waals surface area (Å²) in [5.74, 6) is 1.82. The largest absolute Gasteiger partial charge is 0.308 e. The first-order valence-electron chi connectivity index (χ1n) is 16.7. The van der Waals surface area contributed by atoms with Crippen molar-refractivity contribution in [3.8, 4) is 45.5 Å². The molecule has 0 aliphatic carbocycles. The Labute approximate surface area is 287 Å². The van der Waals surface area contributed by atoms with Gasteiger partial charge >= 0.3 is 0 Å². The Morgan fingerprint density at radius 3 is 1.58 bits per heavy atom. The second kappa shape index (κ2) is 11.4. The third-order valence-electron chi connectivity index (χ3n) is 9.42. The molecule has 10 rings (SSSR count). The van der Waals surface area contributed by atoms with E-state index in [1.54, 1.807) is 0 Å². The van der Waals surface area contributed by atoms with Gasteiger partial charge in [-0.25, -0.2) is 4.98 Å². The molecular formula is C44H28N6. The van der Waals surface area contributed by atoms with Gasteiger partial charge in [0.05, 0.1) is 27.6 Å². The summed E-state index contributed by atoms with van der Waals surface area (Å²) in [6, 6.07) is 56.5. The molecule has 0 aliphatic heterocycles. The summed E-state index contributed by atoms with van der Waals surface area (Å²) in [5, 5.41) is 3.39. The third kappa shape index (κ3) is 4.50. The number of para-hydroxylation sites is 3. The van der Waals surface area contributed by atoms with E-state index in [2.05, 4.69) is 106 Å². The van der Waals surface area contributed by atoms with Crippen molar-refractivity contribution in [3.05, 3.63) is 170 Å². The Bertz CT molecular complexity index is 2800. The van der Waals surface area contributed by atoms with E-state index >= 15 is 0 Å². The summed E-state index contributed by atoms with van der Waals surface area (Å²) in [4.78, 5) is 20.2. The minimum absolute atomic E-state index is 0.568. The predicted molar refractivity (Wildman–Crippen MR) is 203 cm³/mol. The number of nitrogens with zero attached hydrogens (tertiary/aromatic N) is 6. The first kappa shape index (κ1) is 28.1. The smallest absolute Gasteiger partial charge is 0.238 e. The first-order chi connectivity index (χ1) is 24.8. The second-order valence-corrected chi connectivity index (χ2v) is 12.4. The van der Waals surface area contributed by atoms with Gasteiger partial charge in [0.15, 0.2) is 11.6 Å². The van der Waals surface area contributed by atoms with E-state index in [0.29, 0.717) is 17.6 Å². The van der Waals surface area contributed by atoms with Crippen LogP contribution < -0.4 is 0 Å². The quantitative estimate of drug-likeness (QED) is 0.188. The van der Waals surface area contributed by atoms with Crippen LogP contribution in [0.1, 0.15) is 0 Å². The Kier molecular flexibility index (Phi) is 6.39. The maximum absolute atomic E-state index is 5.11. The van der Waals surface area contributed by atoms with Gasteiger partial charge in [-0.1, -0.05) is 127 Å². The van der Waals surface area contributed by atoms with Crippen LogP contribution in [-0.4, -0.2) is 29.1 Å². The molecule has 0 saturated carbocycles. The summed E-state index contributed by atoms with van der Waals surface area (Å²) < 4.78 is 4.47. The molecule has 0 N–H and O–H groups in total. The SMILES string of the molecule is c1ccc(-c2nc(-c3ccccc3)nc(-n3c4ccccc4c4ccc(-c5cnc6c7ccccc7n(-c7ccccc7)c6c5)cc43)n2)cc1. The van der Waals surface area contributed by atoms with E-state index in [1.807, 2.05) is 72.9 Å². The lowest BCUT2D eigenvalue weighted by atomic mass is 10.0. The molecule has 0 atom stereocenters. The molecule has 6 aromatic carbocycles. The highest BCUT2D eigenvalue weighted by Gasteiger charge is 2.19. The molecule has 0 spiro atoms. The van der Waals surface area contributed by atoms with Crippen molar-refractivity contribution in [2.24, 2.45) is 0 Å². The molecule has 0 aliphatic rings. The summed E-state index contributed by atoms with van der Waals surface area (Å²) in [6.45, 7) is 0. The normalized spacial score (nSPS) is 11.6. The van der Waals surface area contributed by atoms with E-state index in [0.717, 1.165) is 71.7 Å². The lowest BCUT2D eigenvalue weighted by molar-refractivity contribution is 0.953. The van der Waals surface area contributed by atoms with Gasteiger partial charge < -0.3 is 4.57 Å². The minimum Gasteiger partial charge on any atom is -0.308 e. The Morgan fingerprint density at radius 1 is 0.360 bits per heavy atom. The second-order valence-electron chi connectivity index (χ2n) is 12.4. The fourth-order valence-corrected chi connectivity index (χ4v) is 7.11. The summed E-state index contributed by atoms with van der Waals surface area (Å²) in [6.07, 6.45) is 1.99. The Balaban J connectivity index is 1.22. The number of benzene rings is 6. The molecule has 0 fully saturated rings. The fourth-order valence-electron chi connectivity index (χ4n) is 7.11. The zero-order valence-electron chi connectivity index (χ0n) is 26.8. The molecular weight excluding hydrogens is 613 g/mol. The van der Waals surface area contributed by atoms with Crippen LogP contribution in [0.5, 0.6) is 0 Å². The van der Waals surface area contributed by atoms with Gasteiger partial charge in [-0.2, -0.15) is 9.97 Å². The topological polar surface area (TPSA) is 61.4 Å². The van der Waals surface area contributed by atoms with Crippen molar-refractivity contribution in [1.29, 1.82) is 0 Å². The van der Waals surface area contributed by atoms with Gasteiger partial charge in [-0.3, -0.25) is 9.55 Å². The number of hydrogen-bond acceptors (Lipinski definition) is 4. The highest BCUT2D eigenvalue weighted by atomic mass is 15.2. The van der Waals surface area contributed by atoms with Gasteiger partial charge in [-0.05, 0) is 42.0 Å². The lowest BCUT2D eigenvalue weighted by Gasteiger charge is -2.11. The van der Waals surface area contributed by atoms with Gasteiger partial charge in [0, 0.05) is 44.7 Å². The van der Waals surface area contributed by atoms with Gasteiger partial charge in [0.2, 0.25) is 5.95 Å². The standard InChI is InChI=1S/C44H28N6/c1-4-14-29(15-5-1)42-46-43(30-16-6-2-7-17-30)48-44(47-42)50-37-22-12-10-20-34(37)35-25-24-31(26-39(35)50)32-27-40-41(45-28-32)36-21-11-13-23-38(36)49(40)33-18-8-3-9-19-33/h1-28H. The summed E-state index contributed by atoms with van der Waals surface area (Å²) >= 11 is 0. The number of fused-ring (bicyclic) bond motifs is 6. The average Bonchev–Trinajstić information content (AvgIpc) is 3.71. The van der Waals surface area contributed by atoms with Gasteiger partial charge in [0.1, 0.15) is 0 Å². The van der Waals surface area contributed by atoms with Gasteiger partial charge in [-0.15, -0.1) is 0 Å². The van der Waals surface area contributed by atoms with Crippen LogP contribution in [0.15, 0.2) is 170 Å². The van der Waals surface area contributed by atoms with E-state index in [9.17, 15) is 0 Å². The van der Waals surface area contributed by atoms with Crippen molar-refractivity contribution in [3.63, 3.8) is 0 Å². The molecule has 50 heavy (non-hydrogen) atoms. The van der Waals surface area contributed by atoms with Crippen LogP contribution in [-0.2, 0) is 0 Å². The van der Waals surface area contributed by atoms with Crippen LogP contribution in [0.25, 0.3) is 89.3 Å². The van der Waals surface area contributed by atoms with E-state index in [4.69, 9.17) is 19.9 Å². The molecule has 0 unspecified atom stereocenters. The number of pyridine rings is 1. The Morgan fingerprint density at radius 2 is 0.900 bits per heavy atom.